The van der Waals surface area contributed by atoms with Gasteiger partial charge >= 0.3 is 0 Å². The van der Waals surface area contributed by atoms with Gasteiger partial charge in [-0.2, -0.15) is 0 Å². The third-order valence-electron chi connectivity index (χ3n) is 11.7. The quantitative estimate of drug-likeness (QED) is 0.129. The second-order valence-corrected chi connectivity index (χ2v) is 14.3. The van der Waals surface area contributed by atoms with Gasteiger partial charge in [-0.3, -0.25) is 0 Å². The Morgan fingerprint density at radius 1 is 0.192 bits per heavy atom. The zero-order valence-electron chi connectivity index (χ0n) is 28.3. The van der Waals surface area contributed by atoms with Gasteiger partial charge in [0.15, 0.2) is 0 Å². The minimum absolute atomic E-state index is 1.25. The summed E-state index contributed by atoms with van der Waals surface area (Å²) >= 11 is 0. The predicted octanol–water partition coefficient (Wildman–Crippen LogP) is 14.8. The molecular weight excluding hydrogens is 625 g/mol. The smallest absolute Gasteiger partial charge is 0.00139 e. The van der Waals surface area contributed by atoms with E-state index in [9.17, 15) is 0 Å². The van der Waals surface area contributed by atoms with Crippen LogP contribution in [0.15, 0.2) is 182 Å². The molecule has 12 rings (SSSR count). The first-order chi connectivity index (χ1) is 25.8. The molecule has 12 aromatic carbocycles. The largest absolute Gasteiger partial charge is 0.0616 e. The predicted molar refractivity (Wildman–Crippen MR) is 226 cm³/mol. The van der Waals surface area contributed by atoms with Crippen molar-refractivity contribution in [2.24, 2.45) is 0 Å². The summed E-state index contributed by atoms with van der Waals surface area (Å²) in [5.41, 5.74) is 5.16. The minimum atomic E-state index is 1.25. The van der Waals surface area contributed by atoms with Gasteiger partial charge in [-0.25, -0.2) is 0 Å². The van der Waals surface area contributed by atoms with E-state index in [2.05, 4.69) is 182 Å². The number of hydrogen-bond donors (Lipinski definition) is 0. The standard InChI is InChI=1S/C52H30/c1-3-14-36-31(10-1)22-26-40-38-16-5-6-17-39(38)47(30-46(36)40)50-41-18-7-8-19-42(41)52(51-37-15-4-2-11-32(37)23-29-45(50)51)44-28-25-35-21-20-33-12-9-13-34-24-27-43(44)49(35)48(33)34/h1-30H. The third kappa shape index (κ3) is 3.71. The molecule has 0 heteroatoms. The van der Waals surface area contributed by atoms with Gasteiger partial charge in [0.2, 0.25) is 0 Å². The first kappa shape index (κ1) is 28.0. The van der Waals surface area contributed by atoms with Crippen LogP contribution in [0.5, 0.6) is 0 Å². The average Bonchev–Trinajstić information content (AvgIpc) is 3.21. The molecule has 0 bridgehead atoms. The Morgan fingerprint density at radius 3 is 1.44 bits per heavy atom. The molecule has 0 radical (unpaired) electrons. The lowest BCUT2D eigenvalue weighted by atomic mass is 9.80. The van der Waals surface area contributed by atoms with Gasteiger partial charge in [0.05, 0.1) is 0 Å². The first-order valence-electron chi connectivity index (χ1n) is 18.2. The van der Waals surface area contributed by atoms with Crippen molar-refractivity contribution in [2.45, 2.75) is 0 Å². The summed E-state index contributed by atoms with van der Waals surface area (Å²) in [5.74, 6) is 0. The average molecular weight is 655 g/mol. The number of benzene rings is 12. The maximum Gasteiger partial charge on any atom is -0.00139 e. The molecule has 0 N–H and O–H groups in total. The zero-order valence-corrected chi connectivity index (χ0v) is 28.3. The Bertz CT molecular complexity index is 3440. The molecule has 0 unspecified atom stereocenters. The van der Waals surface area contributed by atoms with Gasteiger partial charge in [0.25, 0.3) is 0 Å². The van der Waals surface area contributed by atoms with Crippen LogP contribution in [-0.4, -0.2) is 0 Å². The number of rotatable bonds is 2. The molecule has 0 aliphatic heterocycles. The monoisotopic (exact) mass is 654 g/mol. The van der Waals surface area contributed by atoms with E-state index >= 15 is 0 Å². The van der Waals surface area contributed by atoms with Gasteiger partial charge in [0, 0.05) is 0 Å². The van der Waals surface area contributed by atoms with Crippen LogP contribution < -0.4 is 0 Å². The van der Waals surface area contributed by atoms with Crippen molar-refractivity contribution in [1.82, 2.24) is 0 Å². The maximum absolute atomic E-state index is 2.48. The SMILES string of the molecule is c1ccc2c(c1)ccc1c3ccccc3c(-c3c4ccccc4c(-c4ccc5ccc6cccc7ccc4c5c67)c4c3ccc3ccccc34)cc21. The van der Waals surface area contributed by atoms with E-state index < -0.39 is 0 Å². The molecule has 0 aromatic heterocycles. The Balaban J connectivity index is 1.31. The van der Waals surface area contributed by atoms with Crippen molar-refractivity contribution in [2.75, 3.05) is 0 Å². The van der Waals surface area contributed by atoms with Crippen LogP contribution in [0.4, 0.5) is 0 Å². The summed E-state index contributed by atoms with van der Waals surface area (Å²) < 4.78 is 0. The Labute approximate surface area is 300 Å². The second-order valence-electron chi connectivity index (χ2n) is 14.3. The van der Waals surface area contributed by atoms with Crippen LogP contribution in [0.1, 0.15) is 0 Å². The Kier molecular flexibility index (Phi) is 5.59. The van der Waals surface area contributed by atoms with Gasteiger partial charge < -0.3 is 0 Å². The lowest BCUT2D eigenvalue weighted by Gasteiger charge is -2.22. The van der Waals surface area contributed by atoms with Crippen molar-refractivity contribution in [3.8, 4) is 22.3 Å². The topological polar surface area (TPSA) is 0 Å². The van der Waals surface area contributed by atoms with Gasteiger partial charge in [-0.15, -0.1) is 0 Å². The lowest BCUT2D eigenvalue weighted by molar-refractivity contribution is 1.71. The maximum atomic E-state index is 2.48. The normalized spacial score (nSPS) is 12.2. The van der Waals surface area contributed by atoms with Crippen LogP contribution in [0.2, 0.25) is 0 Å². The molecule has 0 aliphatic rings. The fraction of sp³-hybridized carbons (Fsp3) is 0. The summed E-state index contributed by atoms with van der Waals surface area (Å²) in [6, 6.07) is 68.3. The number of fused-ring (bicyclic) bond motifs is 9. The van der Waals surface area contributed by atoms with Crippen molar-refractivity contribution >= 4 is 97.0 Å². The molecular formula is C52H30. The first-order valence-corrected chi connectivity index (χ1v) is 18.2. The summed E-state index contributed by atoms with van der Waals surface area (Å²) in [7, 11) is 0. The molecule has 0 heterocycles. The summed E-state index contributed by atoms with van der Waals surface area (Å²) in [5, 5.41) is 23.2. The fourth-order valence-corrected chi connectivity index (χ4v) is 9.54. The molecule has 0 saturated carbocycles. The van der Waals surface area contributed by atoms with Crippen molar-refractivity contribution in [3.63, 3.8) is 0 Å². The lowest BCUT2D eigenvalue weighted by Crippen LogP contribution is -1.94. The molecule has 0 aliphatic carbocycles. The molecule has 12 aromatic rings. The van der Waals surface area contributed by atoms with Gasteiger partial charge in [-0.1, -0.05) is 176 Å². The van der Waals surface area contributed by atoms with E-state index in [0.717, 1.165) is 0 Å². The minimum Gasteiger partial charge on any atom is -0.0616 e. The van der Waals surface area contributed by atoms with E-state index in [-0.39, 0.29) is 0 Å². The summed E-state index contributed by atoms with van der Waals surface area (Å²) in [4.78, 5) is 0. The molecule has 238 valence electrons. The Morgan fingerprint density at radius 2 is 0.673 bits per heavy atom. The molecule has 0 atom stereocenters. The van der Waals surface area contributed by atoms with E-state index in [1.54, 1.807) is 0 Å². The molecule has 52 heavy (non-hydrogen) atoms. The van der Waals surface area contributed by atoms with E-state index in [1.807, 2.05) is 0 Å². The zero-order chi connectivity index (χ0) is 33.9. The second kappa shape index (κ2) is 10.4. The highest BCUT2D eigenvalue weighted by Gasteiger charge is 2.23. The Hall–Kier alpha value is -6.76. The molecule has 0 amide bonds. The van der Waals surface area contributed by atoms with Crippen molar-refractivity contribution in [3.05, 3.63) is 182 Å². The van der Waals surface area contributed by atoms with Crippen LogP contribution in [0, 0.1) is 0 Å². The van der Waals surface area contributed by atoms with Crippen LogP contribution in [-0.2, 0) is 0 Å². The van der Waals surface area contributed by atoms with Crippen LogP contribution in [0.25, 0.3) is 119 Å². The van der Waals surface area contributed by atoms with Gasteiger partial charge in [-0.05, 0) is 125 Å². The number of hydrogen-bond acceptors (Lipinski definition) is 0. The summed E-state index contributed by atoms with van der Waals surface area (Å²) in [6.45, 7) is 0. The molecule has 0 fully saturated rings. The van der Waals surface area contributed by atoms with E-state index in [4.69, 9.17) is 0 Å². The van der Waals surface area contributed by atoms with Crippen LogP contribution >= 0.6 is 0 Å². The molecule has 0 spiro atoms. The molecule has 0 saturated heterocycles. The highest BCUT2D eigenvalue weighted by molar-refractivity contribution is 6.34. The summed E-state index contributed by atoms with van der Waals surface area (Å²) in [6.07, 6.45) is 0. The van der Waals surface area contributed by atoms with Crippen LogP contribution in [0.3, 0.4) is 0 Å². The van der Waals surface area contributed by atoms with Crippen molar-refractivity contribution < 1.29 is 0 Å². The fourth-order valence-electron chi connectivity index (χ4n) is 9.54. The highest BCUT2D eigenvalue weighted by Crippen LogP contribution is 2.51. The van der Waals surface area contributed by atoms with Gasteiger partial charge in [0.1, 0.15) is 0 Å². The van der Waals surface area contributed by atoms with Crippen molar-refractivity contribution in [1.29, 1.82) is 0 Å². The van der Waals surface area contributed by atoms with E-state index in [0.29, 0.717) is 0 Å². The molecule has 0 nitrogen and oxygen atoms in total. The third-order valence-corrected chi connectivity index (χ3v) is 11.7. The van der Waals surface area contributed by atoms with E-state index in [1.165, 1.54) is 119 Å². The highest BCUT2D eigenvalue weighted by atomic mass is 14.3.